The first-order valence-electron chi connectivity index (χ1n) is 7.38. The molecule has 0 aliphatic carbocycles. The second-order valence-electron chi connectivity index (χ2n) is 5.38. The summed E-state index contributed by atoms with van der Waals surface area (Å²) in [5.74, 6) is -0.664. The zero-order valence-corrected chi connectivity index (χ0v) is 13.0. The van der Waals surface area contributed by atoms with E-state index in [1.54, 1.807) is 29.2 Å². The number of nitrogens with zero attached hydrogens (tertiary/aromatic N) is 6. The predicted octanol–water partition coefficient (Wildman–Crippen LogP) is 0.875. The quantitative estimate of drug-likeness (QED) is 0.725. The van der Waals surface area contributed by atoms with Crippen LogP contribution in [0.5, 0.6) is 0 Å². The molecule has 3 aromatic rings. The molecular formula is C15H16FN7O. The van der Waals surface area contributed by atoms with Gasteiger partial charge >= 0.3 is 0 Å². The lowest BCUT2D eigenvalue weighted by molar-refractivity contribution is 0.0931. The average Bonchev–Trinajstić information content (AvgIpc) is 3.21. The number of nitrogens with one attached hydrogen (secondary N) is 1. The summed E-state index contributed by atoms with van der Waals surface area (Å²) >= 11 is 0. The van der Waals surface area contributed by atoms with E-state index >= 15 is 0 Å². The van der Waals surface area contributed by atoms with E-state index < -0.39 is 0 Å². The van der Waals surface area contributed by atoms with Crippen LogP contribution in [0.3, 0.4) is 0 Å². The normalized spacial score (nSPS) is 12.1. The van der Waals surface area contributed by atoms with Crippen LogP contribution >= 0.6 is 0 Å². The van der Waals surface area contributed by atoms with Crippen molar-refractivity contribution < 1.29 is 9.18 Å². The van der Waals surface area contributed by atoms with E-state index in [4.69, 9.17) is 0 Å². The topological polar surface area (TPSA) is 90.5 Å². The lowest BCUT2D eigenvalue weighted by Gasteiger charge is -2.12. The highest BCUT2D eigenvalue weighted by atomic mass is 19.1. The summed E-state index contributed by atoms with van der Waals surface area (Å²) in [5.41, 5.74) is 0.658. The molecule has 0 spiro atoms. The number of carbonyl (C=O) groups is 1. The monoisotopic (exact) mass is 329 g/mol. The molecule has 2 heterocycles. The number of rotatable bonds is 6. The highest BCUT2D eigenvalue weighted by Crippen LogP contribution is 2.08. The van der Waals surface area contributed by atoms with Gasteiger partial charge in [-0.3, -0.25) is 9.48 Å². The van der Waals surface area contributed by atoms with Crippen LogP contribution in [-0.2, 0) is 13.1 Å². The first-order chi connectivity index (χ1) is 11.6. The fourth-order valence-electron chi connectivity index (χ4n) is 2.23. The van der Waals surface area contributed by atoms with Crippen molar-refractivity contribution in [1.29, 1.82) is 0 Å². The van der Waals surface area contributed by atoms with E-state index in [0.29, 0.717) is 12.1 Å². The lowest BCUT2D eigenvalue weighted by Crippen LogP contribution is -2.36. The summed E-state index contributed by atoms with van der Waals surface area (Å²) in [6.45, 7) is 2.56. The maximum atomic E-state index is 13.6. The standard InChI is InChI=1S/C15H16FN7O/c1-11(6-23-10-17-9-18-23)19-15(24)14-8-22(21-20-14)7-12-4-2-3-5-13(12)16/h2-5,8-11H,6-7H2,1H3,(H,19,24)/t11-/m1/s1. The van der Waals surface area contributed by atoms with Gasteiger partial charge in [-0.25, -0.2) is 14.1 Å². The molecule has 3 rings (SSSR count). The molecule has 0 aliphatic heterocycles. The van der Waals surface area contributed by atoms with E-state index in [1.807, 2.05) is 6.92 Å². The van der Waals surface area contributed by atoms with Crippen molar-refractivity contribution >= 4 is 5.91 Å². The zero-order valence-electron chi connectivity index (χ0n) is 13.0. The Kier molecular flexibility index (Phi) is 4.59. The van der Waals surface area contributed by atoms with Gasteiger partial charge < -0.3 is 5.32 Å². The SMILES string of the molecule is C[C@H](Cn1cncn1)NC(=O)c1cn(Cc2ccccc2F)nn1. The Morgan fingerprint density at radius 2 is 2.17 bits per heavy atom. The summed E-state index contributed by atoms with van der Waals surface area (Å²) in [4.78, 5) is 16.0. The summed E-state index contributed by atoms with van der Waals surface area (Å²) in [7, 11) is 0. The molecule has 0 saturated carbocycles. The molecule has 9 heteroatoms. The first kappa shape index (κ1) is 15.8. The van der Waals surface area contributed by atoms with Crippen LogP contribution in [0.25, 0.3) is 0 Å². The smallest absolute Gasteiger partial charge is 0.273 e. The largest absolute Gasteiger partial charge is 0.346 e. The molecule has 1 aromatic carbocycles. The van der Waals surface area contributed by atoms with Gasteiger partial charge in [0.1, 0.15) is 18.5 Å². The second-order valence-corrected chi connectivity index (χ2v) is 5.38. The molecular weight excluding hydrogens is 313 g/mol. The average molecular weight is 329 g/mol. The van der Waals surface area contributed by atoms with Gasteiger partial charge in [0.05, 0.1) is 19.3 Å². The van der Waals surface area contributed by atoms with Crippen LogP contribution in [0.1, 0.15) is 23.0 Å². The van der Waals surface area contributed by atoms with Crippen LogP contribution in [0.2, 0.25) is 0 Å². The Morgan fingerprint density at radius 1 is 1.33 bits per heavy atom. The van der Waals surface area contributed by atoms with Crippen LogP contribution in [-0.4, -0.2) is 41.7 Å². The molecule has 1 amide bonds. The van der Waals surface area contributed by atoms with Gasteiger partial charge in [-0.15, -0.1) is 5.10 Å². The van der Waals surface area contributed by atoms with Crippen LogP contribution in [0, 0.1) is 5.82 Å². The molecule has 2 aromatic heterocycles. The van der Waals surface area contributed by atoms with Crippen LogP contribution < -0.4 is 5.32 Å². The maximum absolute atomic E-state index is 13.6. The molecule has 1 N–H and O–H groups in total. The molecule has 24 heavy (non-hydrogen) atoms. The van der Waals surface area contributed by atoms with Gasteiger partial charge in [-0.1, -0.05) is 23.4 Å². The Hall–Kier alpha value is -3.10. The second kappa shape index (κ2) is 6.99. The molecule has 124 valence electrons. The fraction of sp³-hybridized carbons (Fsp3) is 0.267. The minimum absolute atomic E-state index is 0.157. The highest BCUT2D eigenvalue weighted by Gasteiger charge is 2.14. The third kappa shape index (κ3) is 3.80. The Bertz CT molecular complexity index is 815. The van der Waals surface area contributed by atoms with Gasteiger partial charge in [-0.05, 0) is 13.0 Å². The number of hydrogen-bond acceptors (Lipinski definition) is 5. The van der Waals surface area contributed by atoms with Crippen molar-refractivity contribution in [1.82, 2.24) is 35.1 Å². The van der Waals surface area contributed by atoms with Crippen molar-refractivity contribution in [3.8, 4) is 0 Å². The highest BCUT2D eigenvalue weighted by molar-refractivity contribution is 5.92. The fourth-order valence-corrected chi connectivity index (χ4v) is 2.23. The van der Waals surface area contributed by atoms with Gasteiger partial charge in [-0.2, -0.15) is 5.10 Å². The third-order valence-corrected chi connectivity index (χ3v) is 3.37. The Morgan fingerprint density at radius 3 is 2.92 bits per heavy atom. The van der Waals surface area contributed by atoms with E-state index in [9.17, 15) is 9.18 Å². The van der Waals surface area contributed by atoms with Crippen molar-refractivity contribution in [2.45, 2.75) is 26.1 Å². The Balaban J connectivity index is 1.60. The number of carbonyl (C=O) groups excluding carboxylic acids is 1. The van der Waals surface area contributed by atoms with Crippen LogP contribution in [0.4, 0.5) is 4.39 Å². The summed E-state index contributed by atoms with van der Waals surface area (Å²) in [6, 6.07) is 6.25. The molecule has 0 radical (unpaired) electrons. The molecule has 1 atom stereocenters. The lowest BCUT2D eigenvalue weighted by atomic mass is 10.2. The summed E-state index contributed by atoms with van der Waals surface area (Å²) in [5, 5.41) is 14.5. The number of amides is 1. The van der Waals surface area contributed by atoms with Gasteiger partial charge in [0.25, 0.3) is 5.91 Å². The number of aromatic nitrogens is 6. The summed E-state index contributed by atoms with van der Waals surface area (Å²) < 4.78 is 16.7. The first-order valence-corrected chi connectivity index (χ1v) is 7.38. The van der Waals surface area contributed by atoms with Crippen molar-refractivity contribution in [3.63, 3.8) is 0 Å². The molecule has 0 fully saturated rings. The third-order valence-electron chi connectivity index (χ3n) is 3.37. The molecule has 0 aliphatic rings. The van der Waals surface area contributed by atoms with Crippen molar-refractivity contribution in [2.24, 2.45) is 0 Å². The van der Waals surface area contributed by atoms with E-state index in [1.165, 1.54) is 23.3 Å². The van der Waals surface area contributed by atoms with Gasteiger partial charge in [0.2, 0.25) is 0 Å². The van der Waals surface area contributed by atoms with E-state index in [2.05, 4.69) is 25.7 Å². The minimum atomic E-state index is -0.345. The van der Waals surface area contributed by atoms with E-state index in [0.717, 1.165) is 0 Å². The molecule has 0 saturated heterocycles. The van der Waals surface area contributed by atoms with Gasteiger partial charge in [0.15, 0.2) is 5.69 Å². The Labute approximate surface area is 137 Å². The molecule has 0 bridgehead atoms. The van der Waals surface area contributed by atoms with Crippen molar-refractivity contribution in [2.75, 3.05) is 0 Å². The zero-order chi connectivity index (χ0) is 16.9. The predicted molar refractivity (Wildman–Crippen MR) is 82.5 cm³/mol. The maximum Gasteiger partial charge on any atom is 0.273 e. The van der Waals surface area contributed by atoms with Crippen molar-refractivity contribution in [3.05, 3.63) is 60.2 Å². The number of halogens is 1. The number of benzene rings is 1. The molecule has 8 nitrogen and oxygen atoms in total. The van der Waals surface area contributed by atoms with E-state index in [-0.39, 0.29) is 30.0 Å². The van der Waals surface area contributed by atoms with Crippen LogP contribution in [0.15, 0.2) is 43.1 Å². The summed E-state index contributed by atoms with van der Waals surface area (Å²) in [6.07, 6.45) is 4.50. The minimum Gasteiger partial charge on any atom is -0.346 e. The molecule has 0 unspecified atom stereocenters. The number of hydrogen-bond donors (Lipinski definition) is 1. The van der Waals surface area contributed by atoms with Gasteiger partial charge in [0, 0.05) is 11.6 Å².